The van der Waals surface area contributed by atoms with Crippen molar-refractivity contribution in [2.24, 2.45) is 0 Å². The molecular weight excluding hydrogens is 261 g/mol. The second-order valence-electron chi connectivity index (χ2n) is 4.33. The lowest BCUT2D eigenvalue weighted by atomic mass is 10.1. The minimum absolute atomic E-state index is 0.349. The lowest BCUT2D eigenvalue weighted by molar-refractivity contribution is -0.133. The average Bonchev–Trinajstić information content (AvgIpc) is 2.33. The number of hydrogen-bond donors (Lipinski definition) is 1. The summed E-state index contributed by atoms with van der Waals surface area (Å²) in [4.78, 5) is 24.4. The highest BCUT2D eigenvalue weighted by atomic mass is 19.2. The van der Waals surface area contributed by atoms with Crippen LogP contribution in [0.1, 0.15) is 13.8 Å². The molecule has 2 unspecified atom stereocenters. The molecule has 0 saturated carbocycles. The molecule has 0 bridgehead atoms. The van der Waals surface area contributed by atoms with Gasteiger partial charge in [0.2, 0.25) is 11.8 Å². The highest BCUT2D eigenvalue weighted by Gasteiger charge is 2.38. The molecule has 1 fully saturated rings. The molecule has 1 saturated heterocycles. The van der Waals surface area contributed by atoms with Gasteiger partial charge < -0.3 is 5.32 Å². The van der Waals surface area contributed by atoms with Crippen molar-refractivity contribution in [3.8, 4) is 0 Å². The molecule has 7 heteroatoms. The fraction of sp³-hybridized carbons (Fsp3) is 0.333. The second kappa shape index (κ2) is 4.56. The molecule has 0 spiro atoms. The number of carbonyl (C=O) groups is 2. The van der Waals surface area contributed by atoms with Crippen molar-refractivity contribution in [3.63, 3.8) is 0 Å². The van der Waals surface area contributed by atoms with Crippen molar-refractivity contribution in [2.45, 2.75) is 25.9 Å². The van der Waals surface area contributed by atoms with Gasteiger partial charge in [-0.05, 0) is 13.8 Å². The Kier molecular flexibility index (Phi) is 3.21. The molecule has 2 atom stereocenters. The van der Waals surface area contributed by atoms with Crippen LogP contribution in [-0.2, 0) is 9.59 Å². The maximum atomic E-state index is 13.7. The third kappa shape index (κ3) is 2.16. The first kappa shape index (κ1) is 13.4. The van der Waals surface area contributed by atoms with E-state index in [4.69, 9.17) is 0 Å². The Morgan fingerprint density at radius 3 is 2.26 bits per heavy atom. The zero-order valence-corrected chi connectivity index (χ0v) is 10.2. The van der Waals surface area contributed by atoms with Crippen LogP contribution in [0.4, 0.5) is 18.9 Å². The molecule has 1 aliphatic heterocycles. The van der Waals surface area contributed by atoms with Crippen molar-refractivity contribution in [1.29, 1.82) is 0 Å². The smallest absolute Gasteiger partial charge is 0.250 e. The second-order valence-corrected chi connectivity index (χ2v) is 4.33. The number of benzene rings is 1. The topological polar surface area (TPSA) is 49.4 Å². The van der Waals surface area contributed by atoms with Gasteiger partial charge in [-0.15, -0.1) is 0 Å². The van der Waals surface area contributed by atoms with Crippen LogP contribution < -0.4 is 10.2 Å². The lowest BCUT2D eigenvalue weighted by Crippen LogP contribution is -2.62. The lowest BCUT2D eigenvalue weighted by Gasteiger charge is -2.36. The Labute approximate surface area is 107 Å². The van der Waals surface area contributed by atoms with Crippen LogP contribution in [0.5, 0.6) is 0 Å². The molecule has 1 aromatic rings. The van der Waals surface area contributed by atoms with E-state index in [0.717, 1.165) is 4.90 Å². The summed E-state index contributed by atoms with van der Waals surface area (Å²) < 4.78 is 39.7. The van der Waals surface area contributed by atoms with E-state index in [0.29, 0.717) is 12.1 Å². The Balaban J connectivity index is 2.52. The summed E-state index contributed by atoms with van der Waals surface area (Å²) in [6.07, 6.45) is 0. The van der Waals surface area contributed by atoms with E-state index in [1.807, 2.05) is 0 Å². The largest absolute Gasteiger partial charge is 0.343 e. The summed E-state index contributed by atoms with van der Waals surface area (Å²) in [6.45, 7) is 2.80. The SMILES string of the molecule is CC1NC(=O)C(C)N(c2cc(F)c(F)cc2F)C1=O. The molecule has 0 aliphatic carbocycles. The van der Waals surface area contributed by atoms with Crippen molar-refractivity contribution >= 4 is 17.5 Å². The van der Waals surface area contributed by atoms with Crippen LogP contribution in [0, 0.1) is 17.5 Å². The third-order valence-corrected chi connectivity index (χ3v) is 2.98. The fourth-order valence-electron chi connectivity index (χ4n) is 1.94. The normalized spacial score (nSPS) is 23.5. The van der Waals surface area contributed by atoms with E-state index >= 15 is 0 Å². The summed E-state index contributed by atoms with van der Waals surface area (Å²) in [5, 5.41) is 2.40. The maximum Gasteiger partial charge on any atom is 0.250 e. The molecule has 19 heavy (non-hydrogen) atoms. The van der Waals surface area contributed by atoms with Crippen LogP contribution in [-0.4, -0.2) is 23.9 Å². The predicted molar refractivity (Wildman–Crippen MR) is 60.9 cm³/mol. The van der Waals surface area contributed by atoms with E-state index in [1.165, 1.54) is 13.8 Å². The predicted octanol–water partition coefficient (Wildman–Crippen LogP) is 1.34. The number of carbonyl (C=O) groups excluding carboxylic acids is 2. The molecule has 4 nitrogen and oxygen atoms in total. The molecule has 2 rings (SSSR count). The van der Waals surface area contributed by atoms with Crippen molar-refractivity contribution in [1.82, 2.24) is 5.32 Å². The molecule has 1 heterocycles. The molecule has 0 radical (unpaired) electrons. The Bertz CT molecular complexity index is 562. The highest BCUT2D eigenvalue weighted by molar-refractivity contribution is 6.08. The van der Waals surface area contributed by atoms with Crippen molar-refractivity contribution in [2.75, 3.05) is 4.90 Å². The summed E-state index contributed by atoms with van der Waals surface area (Å²) in [7, 11) is 0. The molecule has 1 aromatic carbocycles. The van der Waals surface area contributed by atoms with Gasteiger partial charge in [0.1, 0.15) is 17.9 Å². The van der Waals surface area contributed by atoms with Gasteiger partial charge in [0.05, 0.1) is 5.69 Å². The van der Waals surface area contributed by atoms with E-state index in [1.54, 1.807) is 0 Å². The third-order valence-electron chi connectivity index (χ3n) is 2.98. The summed E-state index contributed by atoms with van der Waals surface area (Å²) in [5.74, 6) is -4.81. The molecule has 1 aliphatic rings. The summed E-state index contributed by atoms with van der Waals surface area (Å²) in [5.41, 5.74) is -0.446. The number of hydrogen-bond acceptors (Lipinski definition) is 2. The number of halogens is 3. The minimum Gasteiger partial charge on any atom is -0.343 e. The van der Waals surface area contributed by atoms with Crippen LogP contribution in [0.15, 0.2) is 12.1 Å². The average molecular weight is 272 g/mol. The van der Waals surface area contributed by atoms with Crippen LogP contribution in [0.3, 0.4) is 0 Å². The van der Waals surface area contributed by atoms with Crippen molar-refractivity contribution < 1.29 is 22.8 Å². The zero-order valence-electron chi connectivity index (χ0n) is 10.2. The number of amides is 2. The van der Waals surface area contributed by atoms with E-state index in [9.17, 15) is 22.8 Å². The van der Waals surface area contributed by atoms with Crippen molar-refractivity contribution in [3.05, 3.63) is 29.6 Å². The monoisotopic (exact) mass is 272 g/mol. The first-order valence-electron chi connectivity index (χ1n) is 5.61. The summed E-state index contributed by atoms with van der Waals surface area (Å²) >= 11 is 0. The van der Waals surface area contributed by atoms with Crippen LogP contribution in [0.25, 0.3) is 0 Å². The van der Waals surface area contributed by atoms with Gasteiger partial charge >= 0.3 is 0 Å². The quantitative estimate of drug-likeness (QED) is 0.784. The van der Waals surface area contributed by atoms with E-state index in [2.05, 4.69) is 5.32 Å². The Morgan fingerprint density at radius 2 is 1.63 bits per heavy atom. The molecule has 102 valence electrons. The number of rotatable bonds is 1. The Hall–Kier alpha value is -2.05. The van der Waals surface area contributed by atoms with Gasteiger partial charge in [-0.25, -0.2) is 13.2 Å². The molecular formula is C12H11F3N2O2. The first-order valence-corrected chi connectivity index (χ1v) is 5.61. The molecule has 0 aromatic heterocycles. The minimum atomic E-state index is -1.35. The first-order chi connectivity index (χ1) is 8.82. The van der Waals surface area contributed by atoms with E-state index in [-0.39, 0.29) is 0 Å². The molecule has 2 amide bonds. The van der Waals surface area contributed by atoms with Gasteiger partial charge in [-0.2, -0.15) is 0 Å². The number of anilines is 1. The zero-order chi connectivity index (χ0) is 14.3. The highest BCUT2D eigenvalue weighted by Crippen LogP contribution is 2.26. The number of piperazine rings is 1. The maximum absolute atomic E-state index is 13.7. The van der Waals surface area contributed by atoms with Crippen LogP contribution in [0.2, 0.25) is 0 Å². The Morgan fingerprint density at radius 1 is 1.05 bits per heavy atom. The van der Waals surface area contributed by atoms with Gasteiger partial charge in [-0.1, -0.05) is 0 Å². The standard InChI is InChI=1S/C12H11F3N2O2/c1-5-12(19)17(6(2)11(18)16-5)10-4-8(14)7(13)3-9(10)15/h3-6H,1-2H3,(H,16,18). The van der Waals surface area contributed by atoms with Gasteiger partial charge in [0.25, 0.3) is 0 Å². The number of nitrogens with one attached hydrogen (secondary N) is 1. The van der Waals surface area contributed by atoms with Gasteiger partial charge in [0.15, 0.2) is 11.6 Å². The molecule has 1 N–H and O–H groups in total. The summed E-state index contributed by atoms with van der Waals surface area (Å²) in [6, 6.07) is -0.925. The van der Waals surface area contributed by atoms with E-state index < -0.39 is 47.0 Å². The number of nitrogens with zero attached hydrogens (tertiary/aromatic N) is 1. The van der Waals surface area contributed by atoms with Crippen LogP contribution >= 0.6 is 0 Å². The fourth-order valence-corrected chi connectivity index (χ4v) is 1.94. The van der Waals surface area contributed by atoms with Gasteiger partial charge in [-0.3, -0.25) is 14.5 Å². The van der Waals surface area contributed by atoms with Gasteiger partial charge in [0, 0.05) is 12.1 Å².